The van der Waals surface area contributed by atoms with Crippen molar-refractivity contribution >= 4 is 13.6 Å². The molecule has 0 aliphatic carbocycles. The van der Waals surface area contributed by atoms with Gasteiger partial charge in [0.25, 0.3) is 5.56 Å². The minimum atomic E-state index is -4.07. The van der Waals surface area contributed by atoms with E-state index < -0.39 is 61.4 Å². The molecule has 0 amide bonds. The van der Waals surface area contributed by atoms with Crippen molar-refractivity contribution < 1.29 is 38.1 Å². The lowest BCUT2D eigenvalue weighted by atomic mass is 9.95. The van der Waals surface area contributed by atoms with E-state index in [4.69, 9.17) is 24.9 Å². The number of benzene rings is 1. The van der Waals surface area contributed by atoms with Crippen molar-refractivity contribution in [3.8, 4) is 18.1 Å². The fraction of sp³-hybridized carbons (Fsp3) is 0.458. The van der Waals surface area contributed by atoms with Crippen LogP contribution in [-0.4, -0.2) is 62.4 Å². The summed E-state index contributed by atoms with van der Waals surface area (Å²) < 4.78 is 36.6. The number of nitrogens with zero attached hydrogens (tertiary/aromatic N) is 1. The van der Waals surface area contributed by atoms with Crippen LogP contribution in [0.4, 0.5) is 0 Å². The number of aliphatic hydroxyl groups is 2. The summed E-state index contributed by atoms with van der Waals surface area (Å²) in [5.41, 5.74) is -4.02. The van der Waals surface area contributed by atoms with Gasteiger partial charge in [-0.25, -0.2) is 9.36 Å². The molecule has 1 fully saturated rings. The first-order valence-electron chi connectivity index (χ1n) is 11.4. The topological polar surface area (TPSA) is 166 Å². The summed E-state index contributed by atoms with van der Waals surface area (Å²) >= 11 is 0. The molecule has 1 aliphatic heterocycles. The Hall–Kier alpha value is -3.20. The van der Waals surface area contributed by atoms with E-state index in [1.807, 2.05) is 10.9 Å². The van der Waals surface area contributed by atoms with Gasteiger partial charge in [0.15, 0.2) is 11.8 Å². The molecule has 37 heavy (non-hydrogen) atoms. The first kappa shape index (κ1) is 28.4. The van der Waals surface area contributed by atoms with Crippen molar-refractivity contribution in [2.45, 2.75) is 50.9 Å². The van der Waals surface area contributed by atoms with Crippen LogP contribution in [0.5, 0.6) is 5.75 Å². The van der Waals surface area contributed by atoms with Crippen molar-refractivity contribution in [2.24, 2.45) is 5.92 Å². The SMILES string of the molecule is C#C[C@@]1(O)[C@H](O)[C@@H](CO[P@@](=O)(C[C@@H](C)C(=O)OC(C)C)Oc2ccccc2)O[C@H]1n1ccc(=O)[nH]c1=O. The number of ether oxygens (including phenoxy) is 2. The van der Waals surface area contributed by atoms with Gasteiger partial charge in [-0.2, -0.15) is 0 Å². The third kappa shape index (κ3) is 6.57. The van der Waals surface area contributed by atoms with Crippen LogP contribution < -0.4 is 15.8 Å². The number of esters is 1. The maximum atomic E-state index is 13.7. The molecule has 200 valence electrons. The van der Waals surface area contributed by atoms with Gasteiger partial charge in [0.05, 0.1) is 24.8 Å². The minimum absolute atomic E-state index is 0.209. The summed E-state index contributed by atoms with van der Waals surface area (Å²) in [4.78, 5) is 38.0. The normalized spacial score (nSPS) is 25.7. The summed E-state index contributed by atoms with van der Waals surface area (Å²) in [6.45, 7) is 4.27. The quantitative estimate of drug-likeness (QED) is 0.227. The second-order valence-electron chi connectivity index (χ2n) is 8.84. The molecule has 0 spiro atoms. The Morgan fingerprint density at radius 1 is 1.27 bits per heavy atom. The highest BCUT2D eigenvalue weighted by Gasteiger charge is 2.56. The summed E-state index contributed by atoms with van der Waals surface area (Å²) in [6, 6.07) is 9.13. The van der Waals surface area contributed by atoms with Crippen LogP contribution in [0.3, 0.4) is 0 Å². The fourth-order valence-electron chi connectivity index (χ4n) is 3.65. The van der Waals surface area contributed by atoms with E-state index >= 15 is 0 Å². The maximum Gasteiger partial charge on any atom is 0.380 e. The van der Waals surface area contributed by atoms with Gasteiger partial charge in [-0.15, -0.1) is 6.42 Å². The lowest BCUT2D eigenvalue weighted by Crippen LogP contribution is -2.48. The number of aliphatic hydroxyl groups excluding tert-OH is 1. The molecule has 0 unspecified atom stereocenters. The van der Waals surface area contributed by atoms with E-state index in [0.29, 0.717) is 0 Å². The number of H-pyrrole nitrogens is 1. The van der Waals surface area contributed by atoms with Crippen LogP contribution in [-0.2, 0) is 23.4 Å². The number of carbonyl (C=O) groups excluding carboxylic acids is 1. The Morgan fingerprint density at radius 2 is 1.95 bits per heavy atom. The Bertz CT molecular complexity index is 1300. The smallest absolute Gasteiger partial charge is 0.380 e. The molecule has 0 saturated carbocycles. The average molecular weight is 536 g/mol. The van der Waals surface area contributed by atoms with Crippen LogP contribution in [0.2, 0.25) is 0 Å². The van der Waals surface area contributed by atoms with Crippen molar-refractivity contribution in [1.82, 2.24) is 9.55 Å². The molecule has 12 nitrogen and oxygen atoms in total. The number of rotatable bonds is 10. The fourth-order valence-corrected chi connectivity index (χ4v) is 5.52. The zero-order chi connectivity index (χ0) is 27.4. The zero-order valence-corrected chi connectivity index (χ0v) is 21.4. The zero-order valence-electron chi connectivity index (χ0n) is 20.5. The number of hydrogen-bond donors (Lipinski definition) is 3. The van der Waals surface area contributed by atoms with Crippen molar-refractivity contribution in [1.29, 1.82) is 0 Å². The highest BCUT2D eigenvalue weighted by Crippen LogP contribution is 2.51. The molecule has 1 aliphatic rings. The third-order valence-electron chi connectivity index (χ3n) is 5.49. The molecule has 2 aromatic rings. The van der Waals surface area contributed by atoms with E-state index in [1.165, 1.54) is 6.92 Å². The lowest BCUT2D eigenvalue weighted by Gasteiger charge is -2.26. The van der Waals surface area contributed by atoms with Gasteiger partial charge in [-0.3, -0.25) is 23.7 Å². The van der Waals surface area contributed by atoms with Crippen molar-refractivity contribution in [2.75, 3.05) is 12.8 Å². The number of terminal acetylenes is 1. The number of nitrogens with one attached hydrogen (secondary N) is 1. The largest absolute Gasteiger partial charge is 0.463 e. The van der Waals surface area contributed by atoms with E-state index in [-0.39, 0.29) is 18.0 Å². The van der Waals surface area contributed by atoms with E-state index in [2.05, 4.69) is 0 Å². The first-order chi connectivity index (χ1) is 17.4. The molecule has 6 atom stereocenters. The maximum absolute atomic E-state index is 13.7. The number of para-hydroxylation sites is 1. The van der Waals surface area contributed by atoms with Crippen LogP contribution >= 0.6 is 7.60 Å². The number of aromatic nitrogens is 2. The third-order valence-corrected chi connectivity index (χ3v) is 7.52. The number of aromatic amines is 1. The second-order valence-corrected chi connectivity index (χ2v) is 10.9. The van der Waals surface area contributed by atoms with Gasteiger partial charge < -0.3 is 24.2 Å². The Kier molecular flexibility index (Phi) is 8.79. The summed E-state index contributed by atoms with van der Waals surface area (Å²) in [6.07, 6.45) is 1.01. The minimum Gasteiger partial charge on any atom is -0.463 e. The lowest BCUT2D eigenvalue weighted by molar-refractivity contribution is -0.151. The number of carbonyl (C=O) groups is 1. The molecule has 0 radical (unpaired) electrons. The molecule has 2 heterocycles. The van der Waals surface area contributed by atoms with Gasteiger partial charge >= 0.3 is 19.3 Å². The second kappa shape index (κ2) is 11.5. The van der Waals surface area contributed by atoms with Crippen LogP contribution in [0.1, 0.15) is 27.0 Å². The van der Waals surface area contributed by atoms with Gasteiger partial charge in [0.1, 0.15) is 18.0 Å². The molecule has 1 aromatic heterocycles. The van der Waals surface area contributed by atoms with Crippen LogP contribution in [0.25, 0.3) is 0 Å². The van der Waals surface area contributed by atoms with Crippen LogP contribution in [0, 0.1) is 18.3 Å². The molecular weight excluding hydrogens is 507 g/mol. The molecule has 3 rings (SSSR count). The average Bonchev–Trinajstić information content (AvgIpc) is 3.08. The summed E-state index contributed by atoms with van der Waals surface area (Å²) in [5.74, 6) is 0.755. The van der Waals surface area contributed by atoms with E-state index in [0.717, 1.165) is 16.8 Å². The molecule has 0 bridgehead atoms. The molecular formula is C24H29N2O10P. The molecule has 13 heteroatoms. The van der Waals surface area contributed by atoms with Gasteiger partial charge in [-0.05, 0) is 26.0 Å². The standard InChI is InChI=1S/C24H29N2O10P/c1-5-24(31)20(28)18(35-22(24)26-12-11-19(27)25-23(26)30)13-33-37(32,36-17-9-7-6-8-10-17)14-16(4)21(29)34-15(2)3/h1,6-12,15-16,18,20,22,28,31H,13-14H2,2-4H3,(H,25,27,30)/t16-,18-,20-,22-,24-,37+/m1/s1. The molecule has 1 aromatic carbocycles. The Labute approximate surface area is 212 Å². The predicted molar refractivity (Wildman–Crippen MR) is 131 cm³/mol. The molecule has 1 saturated heterocycles. The van der Waals surface area contributed by atoms with Crippen molar-refractivity contribution in [3.05, 3.63) is 63.4 Å². The number of hydrogen-bond acceptors (Lipinski definition) is 10. The van der Waals surface area contributed by atoms with Crippen molar-refractivity contribution in [3.63, 3.8) is 0 Å². The van der Waals surface area contributed by atoms with Gasteiger partial charge in [0.2, 0.25) is 0 Å². The molecule has 3 N–H and O–H groups in total. The van der Waals surface area contributed by atoms with Gasteiger partial charge in [-0.1, -0.05) is 31.0 Å². The highest BCUT2D eigenvalue weighted by atomic mass is 31.2. The highest BCUT2D eigenvalue weighted by molar-refractivity contribution is 7.54. The Morgan fingerprint density at radius 3 is 2.54 bits per heavy atom. The first-order valence-corrected chi connectivity index (χ1v) is 13.1. The van der Waals surface area contributed by atoms with Crippen LogP contribution in [0.15, 0.2) is 52.2 Å². The van der Waals surface area contributed by atoms with E-state index in [9.17, 15) is 29.2 Å². The Balaban J connectivity index is 1.84. The van der Waals surface area contributed by atoms with E-state index in [1.54, 1.807) is 44.2 Å². The summed E-state index contributed by atoms with van der Waals surface area (Å²) in [7, 11) is -4.07. The predicted octanol–water partition coefficient (Wildman–Crippen LogP) is 1.04. The van der Waals surface area contributed by atoms with Gasteiger partial charge in [0, 0.05) is 12.3 Å². The summed E-state index contributed by atoms with van der Waals surface area (Å²) in [5, 5.41) is 21.7. The monoisotopic (exact) mass is 536 g/mol.